The Morgan fingerprint density at radius 2 is 1.95 bits per heavy atom. The van der Waals surface area contributed by atoms with Gasteiger partial charge >= 0.3 is 0 Å². The summed E-state index contributed by atoms with van der Waals surface area (Å²) in [5, 5.41) is 8.88. The van der Waals surface area contributed by atoms with Crippen molar-refractivity contribution in [2.75, 3.05) is 27.3 Å². The Bertz CT molecular complexity index is 396. The van der Waals surface area contributed by atoms with E-state index in [-0.39, 0.29) is 12.0 Å². The number of ether oxygens (including phenoxy) is 1. The number of methoxy groups -OCH3 is 1. The van der Waals surface area contributed by atoms with E-state index < -0.39 is 0 Å². The zero-order chi connectivity index (χ0) is 14.5. The second-order valence-corrected chi connectivity index (χ2v) is 6.09. The molecule has 0 amide bonds. The van der Waals surface area contributed by atoms with Crippen molar-refractivity contribution in [3.8, 4) is 5.75 Å². The van der Waals surface area contributed by atoms with Crippen molar-refractivity contribution in [3.05, 3.63) is 29.3 Å². The van der Waals surface area contributed by atoms with Crippen molar-refractivity contribution in [2.45, 2.75) is 39.2 Å². The predicted molar refractivity (Wildman–Crippen MR) is 79.7 cm³/mol. The second-order valence-electron chi connectivity index (χ2n) is 6.09. The molecule has 1 rings (SSSR count). The quantitative estimate of drug-likeness (QED) is 0.858. The molecule has 0 saturated heterocycles. The zero-order valence-electron chi connectivity index (χ0n) is 12.9. The highest BCUT2D eigenvalue weighted by atomic mass is 16.5. The summed E-state index contributed by atoms with van der Waals surface area (Å²) in [7, 11) is 3.78. The van der Waals surface area contributed by atoms with Crippen LogP contribution >= 0.6 is 0 Å². The SMILES string of the molecule is COc1ccc(C(C)(C)C)cc1CN(C)CCCO. The number of benzene rings is 1. The van der Waals surface area contributed by atoms with Gasteiger partial charge in [0.25, 0.3) is 0 Å². The molecule has 0 spiro atoms. The van der Waals surface area contributed by atoms with Gasteiger partial charge in [-0.25, -0.2) is 0 Å². The molecule has 0 unspecified atom stereocenters. The molecular formula is C16H27NO2. The summed E-state index contributed by atoms with van der Waals surface area (Å²) in [4.78, 5) is 2.21. The van der Waals surface area contributed by atoms with Crippen LogP contribution in [0.25, 0.3) is 0 Å². The lowest BCUT2D eigenvalue weighted by molar-refractivity contribution is 0.242. The molecule has 0 aliphatic rings. The van der Waals surface area contributed by atoms with E-state index in [1.807, 2.05) is 0 Å². The maximum atomic E-state index is 8.88. The molecule has 3 nitrogen and oxygen atoms in total. The van der Waals surface area contributed by atoms with Crippen molar-refractivity contribution in [2.24, 2.45) is 0 Å². The zero-order valence-corrected chi connectivity index (χ0v) is 12.9. The molecule has 0 atom stereocenters. The average molecular weight is 265 g/mol. The van der Waals surface area contributed by atoms with Gasteiger partial charge in [-0.2, -0.15) is 0 Å². The van der Waals surface area contributed by atoms with Gasteiger partial charge in [-0.15, -0.1) is 0 Å². The van der Waals surface area contributed by atoms with E-state index in [9.17, 15) is 0 Å². The number of hydrogen-bond acceptors (Lipinski definition) is 3. The van der Waals surface area contributed by atoms with Crippen LogP contribution in [0.4, 0.5) is 0 Å². The Morgan fingerprint density at radius 1 is 1.26 bits per heavy atom. The minimum absolute atomic E-state index is 0.144. The molecule has 0 fully saturated rings. The molecule has 108 valence electrons. The minimum Gasteiger partial charge on any atom is -0.496 e. The van der Waals surface area contributed by atoms with Crippen LogP contribution in [-0.4, -0.2) is 37.3 Å². The molecule has 19 heavy (non-hydrogen) atoms. The normalized spacial score (nSPS) is 11.9. The van der Waals surface area contributed by atoms with Gasteiger partial charge in [-0.05, 0) is 30.5 Å². The lowest BCUT2D eigenvalue weighted by Gasteiger charge is -2.23. The third-order valence-corrected chi connectivity index (χ3v) is 3.28. The van der Waals surface area contributed by atoms with Crippen LogP contribution in [0, 0.1) is 0 Å². The van der Waals surface area contributed by atoms with Gasteiger partial charge in [0.2, 0.25) is 0 Å². The second kappa shape index (κ2) is 6.92. The number of hydrogen-bond donors (Lipinski definition) is 1. The van der Waals surface area contributed by atoms with E-state index in [2.05, 4.69) is 50.9 Å². The maximum Gasteiger partial charge on any atom is 0.123 e. The van der Waals surface area contributed by atoms with Gasteiger partial charge in [0, 0.05) is 25.3 Å². The van der Waals surface area contributed by atoms with Crippen LogP contribution in [0.15, 0.2) is 18.2 Å². The summed E-state index contributed by atoms with van der Waals surface area (Å²) in [5.41, 5.74) is 2.67. The van der Waals surface area contributed by atoms with E-state index in [1.54, 1.807) is 7.11 Å². The number of nitrogens with zero attached hydrogens (tertiary/aromatic N) is 1. The summed E-state index contributed by atoms with van der Waals surface area (Å²) in [5.74, 6) is 0.934. The first-order chi connectivity index (χ1) is 8.88. The van der Waals surface area contributed by atoms with Gasteiger partial charge in [0.05, 0.1) is 7.11 Å². The number of aliphatic hydroxyl groups excluding tert-OH is 1. The van der Waals surface area contributed by atoms with E-state index in [0.29, 0.717) is 0 Å². The summed E-state index contributed by atoms with van der Waals surface area (Å²) in [6, 6.07) is 6.42. The highest BCUT2D eigenvalue weighted by Crippen LogP contribution is 2.28. The fourth-order valence-corrected chi connectivity index (χ4v) is 2.08. The maximum absolute atomic E-state index is 8.88. The summed E-state index contributed by atoms with van der Waals surface area (Å²) < 4.78 is 5.44. The predicted octanol–water partition coefficient (Wildman–Crippen LogP) is 2.81. The lowest BCUT2D eigenvalue weighted by atomic mass is 9.86. The summed E-state index contributed by atoms with van der Waals surface area (Å²) in [6.07, 6.45) is 0.803. The van der Waals surface area contributed by atoms with Crippen LogP contribution < -0.4 is 4.74 Å². The van der Waals surface area contributed by atoms with Gasteiger partial charge in [0.15, 0.2) is 0 Å². The fraction of sp³-hybridized carbons (Fsp3) is 0.625. The smallest absolute Gasteiger partial charge is 0.123 e. The molecule has 0 aromatic heterocycles. The minimum atomic E-state index is 0.144. The highest BCUT2D eigenvalue weighted by molar-refractivity contribution is 5.39. The van der Waals surface area contributed by atoms with Gasteiger partial charge in [0.1, 0.15) is 5.75 Å². The van der Waals surface area contributed by atoms with Crippen LogP contribution in [0.1, 0.15) is 38.3 Å². The molecular weight excluding hydrogens is 238 g/mol. The van der Waals surface area contributed by atoms with E-state index >= 15 is 0 Å². The standard InChI is InChI=1S/C16H27NO2/c1-16(2,3)14-7-8-15(19-5)13(11-14)12-17(4)9-6-10-18/h7-8,11,18H,6,9-10,12H2,1-5H3. The number of rotatable bonds is 6. The molecule has 1 N–H and O–H groups in total. The largest absolute Gasteiger partial charge is 0.496 e. The average Bonchev–Trinajstić information content (AvgIpc) is 2.35. The van der Waals surface area contributed by atoms with Crippen molar-refractivity contribution in [3.63, 3.8) is 0 Å². The fourth-order valence-electron chi connectivity index (χ4n) is 2.08. The van der Waals surface area contributed by atoms with E-state index in [0.717, 1.165) is 25.3 Å². The van der Waals surface area contributed by atoms with Crippen molar-refractivity contribution in [1.82, 2.24) is 4.90 Å². The molecule has 0 aliphatic carbocycles. The molecule has 0 bridgehead atoms. The molecule has 1 aromatic carbocycles. The van der Waals surface area contributed by atoms with Crippen molar-refractivity contribution < 1.29 is 9.84 Å². The Labute approximate surface area is 117 Å². The summed E-state index contributed by atoms with van der Waals surface area (Å²) in [6.45, 7) is 8.62. The van der Waals surface area contributed by atoms with Crippen LogP contribution in [0.5, 0.6) is 5.75 Å². The third-order valence-electron chi connectivity index (χ3n) is 3.28. The first-order valence-corrected chi connectivity index (χ1v) is 6.85. The molecule has 1 aromatic rings. The van der Waals surface area contributed by atoms with Gasteiger partial charge in [-0.1, -0.05) is 32.9 Å². The van der Waals surface area contributed by atoms with Crippen molar-refractivity contribution in [1.29, 1.82) is 0 Å². The molecule has 3 heteroatoms. The molecule has 0 aliphatic heterocycles. The van der Waals surface area contributed by atoms with Crippen molar-refractivity contribution >= 4 is 0 Å². The monoisotopic (exact) mass is 265 g/mol. The Kier molecular flexibility index (Phi) is 5.83. The van der Waals surface area contributed by atoms with Crippen LogP contribution in [0.2, 0.25) is 0 Å². The molecule has 0 radical (unpaired) electrons. The number of aliphatic hydroxyl groups is 1. The topological polar surface area (TPSA) is 32.7 Å². The molecule has 0 heterocycles. The van der Waals surface area contributed by atoms with Gasteiger partial charge < -0.3 is 14.7 Å². The first kappa shape index (κ1) is 16.0. The third kappa shape index (κ3) is 4.84. The van der Waals surface area contributed by atoms with Crippen LogP contribution in [-0.2, 0) is 12.0 Å². The summed E-state index contributed by atoms with van der Waals surface area (Å²) >= 11 is 0. The Morgan fingerprint density at radius 3 is 2.47 bits per heavy atom. The lowest BCUT2D eigenvalue weighted by Crippen LogP contribution is -2.21. The van der Waals surface area contributed by atoms with E-state index in [4.69, 9.17) is 9.84 Å². The first-order valence-electron chi connectivity index (χ1n) is 6.85. The van der Waals surface area contributed by atoms with Gasteiger partial charge in [-0.3, -0.25) is 0 Å². The van der Waals surface area contributed by atoms with E-state index in [1.165, 1.54) is 11.1 Å². The highest BCUT2D eigenvalue weighted by Gasteiger charge is 2.16. The Balaban J connectivity index is 2.90. The molecule has 0 saturated carbocycles. The van der Waals surface area contributed by atoms with Crippen LogP contribution in [0.3, 0.4) is 0 Å². The Hall–Kier alpha value is -1.06.